The van der Waals surface area contributed by atoms with E-state index in [4.69, 9.17) is 4.74 Å². The summed E-state index contributed by atoms with van der Waals surface area (Å²) in [6.07, 6.45) is 0. The molecule has 23 heavy (non-hydrogen) atoms. The van der Waals surface area contributed by atoms with Crippen molar-refractivity contribution < 1.29 is 19.1 Å². The fourth-order valence-electron chi connectivity index (χ4n) is 2.12. The summed E-state index contributed by atoms with van der Waals surface area (Å²) in [5.74, 6) is -0.994. The molecule has 0 radical (unpaired) electrons. The van der Waals surface area contributed by atoms with Gasteiger partial charge in [0.2, 0.25) is 0 Å². The van der Waals surface area contributed by atoms with Crippen molar-refractivity contribution in [3.05, 3.63) is 37.9 Å². The zero-order chi connectivity index (χ0) is 17.1. The van der Waals surface area contributed by atoms with Crippen LogP contribution in [-0.2, 0) is 4.74 Å². The molecule has 7 heteroatoms. The molecule has 2 aromatic rings. The zero-order valence-corrected chi connectivity index (χ0v) is 14.9. The summed E-state index contributed by atoms with van der Waals surface area (Å²) >= 11 is 2.57. The molecular weight excluding hydrogens is 334 g/mol. The van der Waals surface area contributed by atoms with Gasteiger partial charge < -0.3 is 10.1 Å². The van der Waals surface area contributed by atoms with E-state index < -0.39 is 5.97 Å². The number of ether oxygens (including phenoxy) is 1. The van der Waals surface area contributed by atoms with Gasteiger partial charge in [-0.05, 0) is 39.3 Å². The van der Waals surface area contributed by atoms with Crippen LogP contribution in [0, 0.1) is 13.8 Å². The zero-order valence-electron chi connectivity index (χ0n) is 13.3. The average Bonchev–Trinajstić information content (AvgIpc) is 3.03. The molecule has 1 amide bonds. The number of anilines is 1. The van der Waals surface area contributed by atoms with Gasteiger partial charge in [-0.15, -0.1) is 22.7 Å². The third kappa shape index (κ3) is 3.68. The summed E-state index contributed by atoms with van der Waals surface area (Å²) in [5.41, 5.74) is 1.32. The lowest BCUT2D eigenvalue weighted by Crippen LogP contribution is -2.14. The molecule has 5 nitrogen and oxygen atoms in total. The highest BCUT2D eigenvalue weighted by Crippen LogP contribution is 2.34. The van der Waals surface area contributed by atoms with Gasteiger partial charge in [0.15, 0.2) is 5.78 Å². The van der Waals surface area contributed by atoms with Gasteiger partial charge in [0.25, 0.3) is 5.91 Å². The highest BCUT2D eigenvalue weighted by atomic mass is 32.1. The topological polar surface area (TPSA) is 72.5 Å². The largest absolute Gasteiger partial charge is 0.462 e. The molecule has 0 unspecified atom stereocenters. The standard InChI is InChI=1S/C16H17NO4S2/c1-5-21-16(20)12-9(3)13(10(4)18)23-15(12)17-14(19)11-6-8(2)22-7-11/h6-7H,5H2,1-4H3,(H,17,19). The molecule has 0 spiro atoms. The van der Waals surface area contributed by atoms with Crippen molar-refractivity contribution in [1.29, 1.82) is 0 Å². The number of hydrogen-bond donors (Lipinski definition) is 1. The van der Waals surface area contributed by atoms with E-state index in [9.17, 15) is 14.4 Å². The second-order valence-electron chi connectivity index (χ2n) is 4.94. The normalized spacial score (nSPS) is 10.4. The number of aryl methyl sites for hydroxylation is 1. The SMILES string of the molecule is CCOC(=O)c1c(NC(=O)c2csc(C)c2)sc(C(C)=O)c1C. The smallest absolute Gasteiger partial charge is 0.341 e. The van der Waals surface area contributed by atoms with Crippen molar-refractivity contribution >= 4 is 45.3 Å². The van der Waals surface area contributed by atoms with Gasteiger partial charge in [0.05, 0.1) is 22.6 Å². The molecular formula is C16H17NO4S2. The first kappa shape index (κ1) is 17.4. The van der Waals surface area contributed by atoms with Crippen LogP contribution in [0.4, 0.5) is 5.00 Å². The first-order chi connectivity index (χ1) is 10.8. The Morgan fingerprint density at radius 1 is 1.26 bits per heavy atom. The van der Waals surface area contributed by atoms with E-state index in [0.717, 1.165) is 16.2 Å². The number of nitrogens with one attached hydrogen (secondary N) is 1. The average molecular weight is 351 g/mol. The number of esters is 1. The minimum atomic E-state index is -0.537. The molecule has 0 aromatic carbocycles. The number of Topliss-reactive ketones (excluding diaryl/α,β-unsaturated/α-hetero) is 1. The molecule has 0 saturated heterocycles. The number of carbonyl (C=O) groups excluding carboxylic acids is 3. The number of hydrogen-bond acceptors (Lipinski definition) is 6. The predicted octanol–water partition coefficient (Wildman–Crippen LogP) is 4.06. The monoisotopic (exact) mass is 351 g/mol. The maximum atomic E-state index is 12.3. The minimum absolute atomic E-state index is 0.148. The summed E-state index contributed by atoms with van der Waals surface area (Å²) in [6, 6.07) is 1.77. The van der Waals surface area contributed by atoms with E-state index in [-0.39, 0.29) is 23.9 Å². The second kappa shape index (κ2) is 7.06. The van der Waals surface area contributed by atoms with E-state index in [1.807, 2.05) is 6.92 Å². The summed E-state index contributed by atoms with van der Waals surface area (Å²) in [7, 11) is 0. The Kier molecular flexibility index (Phi) is 5.33. The van der Waals surface area contributed by atoms with E-state index in [1.165, 1.54) is 18.3 Å². The number of amides is 1. The summed E-state index contributed by atoms with van der Waals surface area (Å²) < 4.78 is 5.04. The lowest BCUT2D eigenvalue weighted by atomic mass is 10.1. The van der Waals surface area contributed by atoms with Crippen molar-refractivity contribution in [2.24, 2.45) is 0 Å². The van der Waals surface area contributed by atoms with E-state index >= 15 is 0 Å². The lowest BCUT2D eigenvalue weighted by molar-refractivity contribution is 0.0527. The van der Waals surface area contributed by atoms with Gasteiger partial charge >= 0.3 is 5.97 Å². The van der Waals surface area contributed by atoms with Crippen LogP contribution >= 0.6 is 22.7 Å². The van der Waals surface area contributed by atoms with Crippen molar-refractivity contribution in [3.8, 4) is 0 Å². The van der Waals surface area contributed by atoms with Gasteiger partial charge in [0, 0.05) is 10.3 Å². The van der Waals surface area contributed by atoms with Gasteiger partial charge in [-0.25, -0.2) is 4.79 Å². The molecule has 2 heterocycles. The number of ketones is 1. The molecule has 1 N–H and O–H groups in total. The second-order valence-corrected chi connectivity index (χ2v) is 7.07. The molecule has 0 atom stereocenters. The van der Waals surface area contributed by atoms with Crippen LogP contribution in [-0.4, -0.2) is 24.3 Å². The van der Waals surface area contributed by atoms with Crippen LogP contribution in [0.25, 0.3) is 0 Å². The Morgan fingerprint density at radius 2 is 1.96 bits per heavy atom. The Labute approximate surface area is 142 Å². The third-order valence-electron chi connectivity index (χ3n) is 3.17. The van der Waals surface area contributed by atoms with Crippen LogP contribution in [0.1, 0.15) is 54.7 Å². The number of carbonyl (C=O) groups is 3. The van der Waals surface area contributed by atoms with Crippen molar-refractivity contribution in [3.63, 3.8) is 0 Å². The van der Waals surface area contributed by atoms with Gasteiger partial charge in [-0.1, -0.05) is 0 Å². The first-order valence-corrected chi connectivity index (χ1v) is 8.72. The Balaban J connectivity index is 2.40. The number of thiophene rings is 2. The Hall–Kier alpha value is -1.99. The first-order valence-electron chi connectivity index (χ1n) is 7.03. The highest BCUT2D eigenvalue weighted by molar-refractivity contribution is 7.18. The molecule has 2 aromatic heterocycles. The van der Waals surface area contributed by atoms with Crippen molar-refractivity contribution in [2.45, 2.75) is 27.7 Å². The Morgan fingerprint density at radius 3 is 2.48 bits per heavy atom. The fraction of sp³-hybridized carbons (Fsp3) is 0.312. The van der Waals surface area contributed by atoms with E-state index in [2.05, 4.69) is 5.32 Å². The van der Waals surface area contributed by atoms with Gasteiger partial charge in [0.1, 0.15) is 5.00 Å². The maximum Gasteiger partial charge on any atom is 0.341 e. The minimum Gasteiger partial charge on any atom is -0.462 e. The molecule has 122 valence electrons. The summed E-state index contributed by atoms with van der Waals surface area (Å²) in [4.78, 5) is 37.7. The van der Waals surface area contributed by atoms with E-state index in [0.29, 0.717) is 21.0 Å². The van der Waals surface area contributed by atoms with Crippen LogP contribution in [0.15, 0.2) is 11.4 Å². The van der Waals surface area contributed by atoms with Crippen LogP contribution < -0.4 is 5.32 Å². The summed E-state index contributed by atoms with van der Waals surface area (Å²) in [5, 5.41) is 4.83. The van der Waals surface area contributed by atoms with Gasteiger partial charge in [-0.2, -0.15) is 0 Å². The van der Waals surface area contributed by atoms with Gasteiger partial charge in [-0.3, -0.25) is 9.59 Å². The molecule has 0 saturated carbocycles. The Bertz CT molecular complexity index is 773. The van der Waals surface area contributed by atoms with Crippen LogP contribution in [0.3, 0.4) is 0 Å². The molecule has 0 aliphatic carbocycles. The quantitative estimate of drug-likeness (QED) is 0.651. The maximum absolute atomic E-state index is 12.3. The molecule has 0 bridgehead atoms. The molecule has 0 fully saturated rings. The van der Waals surface area contributed by atoms with Crippen LogP contribution in [0.5, 0.6) is 0 Å². The lowest BCUT2D eigenvalue weighted by Gasteiger charge is -2.06. The number of rotatable bonds is 5. The van der Waals surface area contributed by atoms with Crippen molar-refractivity contribution in [2.75, 3.05) is 11.9 Å². The molecule has 0 aliphatic rings. The predicted molar refractivity (Wildman–Crippen MR) is 92.0 cm³/mol. The third-order valence-corrected chi connectivity index (χ3v) is 5.34. The highest BCUT2D eigenvalue weighted by Gasteiger charge is 2.25. The molecule has 2 rings (SSSR count). The van der Waals surface area contributed by atoms with E-state index in [1.54, 1.807) is 25.3 Å². The summed E-state index contributed by atoms with van der Waals surface area (Å²) in [6.45, 7) is 6.96. The fourth-order valence-corrected chi connectivity index (χ4v) is 3.89. The van der Waals surface area contributed by atoms with Crippen molar-refractivity contribution in [1.82, 2.24) is 0 Å². The molecule has 0 aliphatic heterocycles. The van der Waals surface area contributed by atoms with Crippen LogP contribution in [0.2, 0.25) is 0 Å².